The van der Waals surface area contributed by atoms with Gasteiger partial charge in [-0.05, 0) is 12.1 Å². The van der Waals surface area contributed by atoms with Gasteiger partial charge >= 0.3 is 0 Å². The fraction of sp³-hybridized carbons (Fsp3) is 0.300. The number of hydrogen-bond acceptors (Lipinski definition) is 2. The maximum Gasteiger partial charge on any atom is 0.129 e. The molecule has 1 aromatic rings. The summed E-state index contributed by atoms with van der Waals surface area (Å²) < 4.78 is 0. The third kappa shape index (κ3) is 3.70. The van der Waals surface area contributed by atoms with Crippen molar-refractivity contribution in [1.29, 1.82) is 0 Å². The highest BCUT2D eigenvalue weighted by Crippen LogP contribution is 2.33. The summed E-state index contributed by atoms with van der Waals surface area (Å²) in [6.07, 6.45) is 0. The molecule has 0 aliphatic heterocycles. The van der Waals surface area contributed by atoms with Crippen molar-refractivity contribution in [3.8, 4) is 0 Å². The first-order chi connectivity index (χ1) is 7.41. The quantitative estimate of drug-likeness (QED) is 0.597. The van der Waals surface area contributed by atoms with Crippen LogP contribution in [0.25, 0.3) is 0 Å². The fourth-order valence-electron chi connectivity index (χ4n) is 0.887. The average molecular weight is 300 g/mol. The molecular formula is C10H10Cl4N2. The first kappa shape index (κ1) is 13.9. The molecule has 0 saturated heterocycles. The van der Waals surface area contributed by atoms with Crippen LogP contribution in [0.3, 0.4) is 0 Å². The molecule has 0 aromatic heterocycles. The highest BCUT2D eigenvalue weighted by Gasteiger charge is 2.08. The molecule has 0 radical (unpaired) electrons. The van der Waals surface area contributed by atoms with Crippen molar-refractivity contribution in [2.24, 2.45) is 11.0 Å². The van der Waals surface area contributed by atoms with Crippen LogP contribution in [0.1, 0.15) is 13.8 Å². The summed E-state index contributed by atoms with van der Waals surface area (Å²) >= 11 is 23.6. The van der Waals surface area contributed by atoms with Crippen molar-refractivity contribution in [1.82, 2.24) is 0 Å². The van der Waals surface area contributed by atoms with Gasteiger partial charge in [0.05, 0.1) is 15.7 Å². The average Bonchev–Trinajstić information content (AvgIpc) is 2.15. The molecule has 16 heavy (non-hydrogen) atoms. The molecule has 88 valence electrons. The van der Waals surface area contributed by atoms with Crippen LogP contribution in [0.4, 0.5) is 5.69 Å². The fourth-order valence-corrected chi connectivity index (χ4v) is 1.83. The summed E-state index contributed by atoms with van der Waals surface area (Å²) in [5.74, 6) is 0.138. The Bertz CT molecular complexity index is 392. The van der Waals surface area contributed by atoms with E-state index >= 15 is 0 Å². The van der Waals surface area contributed by atoms with Crippen LogP contribution in [0.15, 0.2) is 17.2 Å². The van der Waals surface area contributed by atoms with E-state index in [1.54, 1.807) is 12.1 Å². The van der Waals surface area contributed by atoms with Gasteiger partial charge in [0, 0.05) is 10.9 Å². The summed E-state index contributed by atoms with van der Waals surface area (Å²) in [5, 5.41) is 5.68. The van der Waals surface area contributed by atoms with Crippen molar-refractivity contribution in [3.05, 3.63) is 27.2 Å². The van der Waals surface area contributed by atoms with Gasteiger partial charge < -0.3 is 0 Å². The van der Waals surface area contributed by atoms with Gasteiger partial charge in [-0.2, -0.15) is 5.10 Å². The summed E-state index contributed by atoms with van der Waals surface area (Å²) in [5.41, 5.74) is 3.22. The number of halogens is 4. The third-order valence-corrected chi connectivity index (χ3v) is 3.09. The molecule has 0 saturated carbocycles. The second-order valence-electron chi connectivity index (χ2n) is 3.45. The molecule has 0 heterocycles. The van der Waals surface area contributed by atoms with Crippen LogP contribution in [-0.2, 0) is 0 Å². The van der Waals surface area contributed by atoms with Crippen LogP contribution in [-0.4, -0.2) is 5.17 Å². The Hall–Kier alpha value is -0.150. The monoisotopic (exact) mass is 298 g/mol. The van der Waals surface area contributed by atoms with E-state index in [0.717, 1.165) is 0 Å². The van der Waals surface area contributed by atoms with Gasteiger partial charge in [-0.1, -0.05) is 60.3 Å². The lowest BCUT2D eigenvalue weighted by Crippen LogP contribution is -2.02. The number of anilines is 1. The lowest BCUT2D eigenvalue weighted by atomic mass is 10.2. The van der Waals surface area contributed by atoms with Crippen molar-refractivity contribution in [2.45, 2.75) is 13.8 Å². The van der Waals surface area contributed by atoms with E-state index in [2.05, 4.69) is 10.5 Å². The molecule has 0 atom stereocenters. The summed E-state index contributed by atoms with van der Waals surface area (Å²) in [4.78, 5) is 0. The van der Waals surface area contributed by atoms with E-state index in [-0.39, 0.29) is 5.92 Å². The van der Waals surface area contributed by atoms with Gasteiger partial charge in [0.1, 0.15) is 5.17 Å². The van der Waals surface area contributed by atoms with Gasteiger partial charge in [-0.25, -0.2) is 0 Å². The molecule has 0 bridgehead atoms. The van der Waals surface area contributed by atoms with Crippen LogP contribution >= 0.6 is 46.4 Å². The number of nitrogens with one attached hydrogen (secondary N) is 1. The Morgan fingerprint density at radius 2 is 1.69 bits per heavy atom. The smallest absolute Gasteiger partial charge is 0.129 e. The highest BCUT2D eigenvalue weighted by molar-refractivity contribution is 6.65. The first-order valence-electron chi connectivity index (χ1n) is 4.55. The van der Waals surface area contributed by atoms with Crippen molar-refractivity contribution in [3.63, 3.8) is 0 Å². The molecule has 6 heteroatoms. The minimum Gasteiger partial charge on any atom is -0.274 e. The number of benzene rings is 1. The van der Waals surface area contributed by atoms with E-state index < -0.39 is 0 Å². The molecule has 2 nitrogen and oxygen atoms in total. The number of rotatable bonds is 3. The molecule has 0 aliphatic carbocycles. The lowest BCUT2D eigenvalue weighted by molar-refractivity contribution is 0.895. The van der Waals surface area contributed by atoms with Crippen LogP contribution in [0.2, 0.25) is 15.1 Å². The van der Waals surface area contributed by atoms with Crippen LogP contribution < -0.4 is 5.43 Å². The van der Waals surface area contributed by atoms with Gasteiger partial charge in [0.2, 0.25) is 0 Å². The molecule has 1 aromatic carbocycles. The van der Waals surface area contributed by atoms with E-state index in [4.69, 9.17) is 46.4 Å². The SMILES string of the molecule is CC(C)/C(Cl)=N/Nc1c(Cl)cc(Cl)cc1Cl. The molecule has 0 spiro atoms. The Morgan fingerprint density at radius 3 is 2.12 bits per heavy atom. The van der Waals surface area contributed by atoms with Crippen molar-refractivity contribution in [2.75, 3.05) is 5.43 Å². The topological polar surface area (TPSA) is 24.4 Å². The minimum atomic E-state index is 0.138. The second kappa shape index (κ2) is 5.97. The normalized spacial score (nSPS) is 12.1. The van der Waals surface area contributed by atoms with E-state index in [1.807, 2.05) is 13.8 Å². The summed E-state index contributed by atoms with van der Waals surface area (Å²) in [6, 6.07) is 3.16. The predicted octanol–water partition coefficient (Wildman–Crippen LogP) is 5.27. The molecular weight excluding hydrogens is 290 g/mol. The zero-order chi connectivity index (χ0) is 12.3. The number of nitrogens with zero attached hydrogens (tertiary/aromatic N) is 1. The van der Waals surface area contributed by atoms with Crippen LogP contribution in [0, 0.1) is 5.92 Å². The molecule has 0 amide bonds. The van der Waals surface area contributed by atoms with Gasteiger partial charge in [0.25, 0.3) is 0 Å². The summed E-state index contributed by atoms with van der Waals surface area (Å²) in [7, 11) is 0. The Labute approximate surface area is 115 Å². The Morgan fingerprint density at radius 1 is 1.19 bits per heavy atom. The van der Waals surface area contributed by atoms with E-state index in [1.165, 1.54) is 0 Å². The van der Waals surface area contributed by atoms with Gasteiger partial charge in [-0.3, -0.25) is 5.43 Å². The van der Waals surface area contributed by atoms with Gasteiger partial charge in [0.15, 0.2) is 0 Å². The van der Waals surface area contributed by atoms with E-state index in [9.17, 15) is 0 Å². The molecule has 1 N–H and O–H groups in total. The Kier molecular flexibility index (Phi) is 5.19. The van der Waals surface area contributed by atoms with Crippen molar-refractivity contribution < 1.29 is 0 Å². The minimum absolute atomic E-state index is 0.138. The van der Waals surface area contributed by atoms with E-state index in [0.29, 0.717) is 25.9 Å². The Balaban J connectivity index is 2.94. The first-order valence-corrected chi connectivity index (χ1v) is 6.06. The lowest BCUT2D eigenvalue weighted by Gasteiger charge is -2.08. The predicted molar refractivity (Wildman–Crippen MR) is 73.2 cm³/mol. The largest absolute Gasteiger partial charge is 0.274 e. The highest BCUT2D eigenvalue weighted by atomic mass is 35.5. The third-order valence-electron chi connectivity index (χ3n) is 1.76. The van der Waals surface area contributed by atoms with Crippen molar-refractivity contribution >= 4 is 57.3 Å². The standard InChI is InChI=1S/C10H10Cl4N2/c1-5(2)10(14)16-15-9-7(12)3-6(11)4-8(9)13/h3-5,15H,1-2H3/b16-10-. The number of hydrogen-bond donors (Lipinski definition) is 1. The van der Waals surface area contributed by atoms with Crippen LogP contribution in [0.5, 0.6) is 0 Å². The maximum absolute atomic E-state index is 5.95. The zero-order valence-corrected chi connectivity index (χ0v) is 11.7. The molecule has 0 unspecified atom stereocenters. The molecule has 1 rings (SSSR count). The maximum atomic E-state index is 5.95. The summed E-state index contributed by atoms with van der Waals surface area (Å²) in [6.45, 7) is 3.86. The molecule has 0 aliphatic rings. The second-order valence-corrected chi connectivity index (χ2v) is 5.08. The zero-order valence-electron chi connectivity index (χ0n) is 8.69. The number of hydrazone groups is 1. The van der Waals surface area contributed by atoms with Gasteiger partial charge in [-0.15, -0.1) is 0 Å². The molecule has 0 fully saturated rings.